The normalized spacial score (nSPS) is 13.3. The fourth-order valence-electron chi connectivity index (χ4n) is 2.98. The molecule has 3 aromatic rings. The van der Waals surface area contributed by atoms with Crippen LogP contribution >= 0.6 is 22.9 Å². The first-order valence-electron chi connectivity index (χ1n) is 7.42. The van der Waals surface area contributed by atoms with Crippen LogP contribution in [-0.4, -0.2) is 10.9 Å². The van der Waals surface area contributed by atoms with Crippen LogP contribution in [0.4, 0.5) is 0 Å². The molecule has 1 aliphatic rings. The Morgan fingerprint density at radius 1 is 1.09 bits per heavy atom. The van der Waals surface area contributed by atoms with Gasteiger partial charge in [0.25, 0.3) is 0 Å². The van der Waals surface area contributed by atoms with Gasteiger partial charge in [-0.05, 0) is 38.5 Å². The minimum Gasteiger partial charge on any atom is -0.358 e. The molecule has 0 spiro atoms. The number of hydrogen-bond donors (Lipinski definition) is 0. The Hall–Kier alpha value is -1.91. The molecule has 5 heteroatoms. The summed E-state index contributed by atoms with van der Waals surface area (Å²) in [6.07, 6.45) is 0. The SMILES string of the molecule is Cc1noc2c1-c1sc(C)c(C)c1C(c1ccc(Cl)cc1)=NC2. The molecule has 1 aromatic carbocycles. The number of aryl methyl sites for hydroxylation is 2. The molecule has 1 aliphatic heterocycles. The third-order valence-electron chi connectivity index (χ3n) is 4.28. The maximum absolute atomic E-state index is 6.03. The molecule has 0 N–H and O–H groups in total. The highest BCUT2D eigenvalue weighted by atomic mass is 35.5. The van der Waals surface area contributed by atoms with Crippen molar-refractivity contribution in [3.05, 3.63) is 62.3 Å². The standard InChI is InChI=1S/C18H15ClN2OS/c1-9-11(3)23-18-15(9)17(12-4-6-13(19)7-5-12)20-8-14-16(18)10(2)21-22-14/h4-7H,8H2,1-3H3. The molecule has 116 valence electrons. The summed E-state index contributed by atoms with van der Waals surface area (Å²) >= 11 is 7.82. The molecule has 2 aromatic heterocycles. The van der Waals surface area contributed by atoms with Crippen molar-refractivity contribution in [3.63, 3.8) is 0 Å². The van der Waals surface area contributed by atoms with Crippen LogP contribution in [0.3, 0.4) is 0 Å². The molecule has 0 atom stereocenters. The molecular formula is C18H15ClN2OS. The Bertz CT molecular complexity index is 935. The molecular weight excluding hydrogens is 328 g/mol. The average Bonchev–Trinajstić information content (AvgIpc) is 2.97. The number of halogens is 1. The van der Waals surface area contributed by atoms with Gasteiger partial charge in [-0.2, -0.15) is 0 Å². The molecule has 0 bridgehead atoms. The molecule has 0 saturated carbocycles. The lowest BCUT2D eigenvalue weighted by Gasteiger charge is -2.08. The molecule has 0 fully saturated rings. The number of benzene rings is 1. The summed E-state index contributed by atoms with van der Waals surface area (Å²) in [7, 11) is 0. The van der Waals surface area contributed by atoms with Crippen LogP contribution in [0.15, 0.2) is 33.8 Å². The monoisotopic (exact) mass is 342 g/mol. The Kier molecular flexibility index (Phi) is 3.39. The van der Waals surface area contributed by atoms with Crippen LogP contribution in [0.5, 0.6) is 0 Å². The van der Waals surface area contributed by atoms with Crippen LogP contribution in [0.25, 0.3) is 10.4 Å². The summed E-state index contributed by atoms with van der Waals surface area (Å²) in [6, 6.07) is 7.86. The summed E-state index contributed by atoms with van der Waals surface area (Å²) in [5.74, 6) is 0.842. The van der Waals surface area contributed by atoms with E-state index in [1.807, 2.05) is 31.2 Å². The van der Waals surface area contributed by atoms with Crippen LogP contribution in [0.1, 0.15) is 33.0 Å². The van der Waals surface area contributed by atoms with Crippen molar-refractivity contribution in [2.24, 2.45) is 4.99 Å². The second kappa shape index (κ2) is 5.32. The smallest absolute Gasteiger partial charge is 0.167 e. The number of rotatable bonds is 1. The summed E-state index contributed by atoms with van der Waals surface area (Å²) < 4.78 is 5.50. The third-order valence-corrected chi connectivity index (χ3v) is 5.76. The van der Waals surface area contributed by atoms with Crippen molar-refractivity contribution >= 4 is 28.6 Å². The van der Waals surface area contributed by atoms with E-state index in [9.17, 15) is 0 Å². The summed E-state index contributed by atoms with van der Waals surface area (Å²) in [5.41, 5.74) is 6.58. The summed E-state index contributed by atoms with van der Waals surface area (Å²) in [6.45, 7) is 6.80. The van der Waals surface area contributed by atoms with Crippen LogP contribution in [0.2, 0.25) is 5.02 Å². The van der Waals surface area contributed by atoms with E-state index in [4.69, 9.17) is 21.1 Å². The maximum atomic E-state index is 6.03. The van der Waals surface area contributed by atoms with Gasteiger partial charge in [0.2, 0.25) is 0 Å². The van der Waals surface area contributed by atoms with E-state index in [0.29, 0.717) is 6.54 Å². The van der Waals surface area contributed by atoms with Gasteiger partial charge in [-0.1, -0.05) is 28.9 Å². The van der Waals surface area contributed by atoms with Gasteiger partial charge < -0.3 is 4.52 Å². The molecule has 3 nitrogen and oxygen atoms in total. The second-order valence-electron chi connectivity index (χ2n) is 5.73. The molecule has 0 radical (unpaired) electrons. The minimum absolute atomic E-state index is 0.508. The number of hydrogen-bond acceptors (Lipinski definition) is 4. The Morgan fingerprint density at radius 2 is 1.83 bits per heavy atom. The third kappa shape index (κ3) is 2.25. The number of nitrogens with zero attached hydrogens (tertiary/aromatic N) is 2. The van der Waals surface area contributed by atoms with E-state index in [-0.39, 0.29) is 0 Å². The van der Waals surface area contributed by atoms with Crippen molar-refractivity contribution in [2.45, 2.75) is 27.3 Å². The van der Waals surface area contributed by atoms with Gasteiger partial charge in [0, 0.05) is 25.9 Å². The van der Waals surface area contributed by atoms with Gasteiger partial charge in [0.05, 0.1) is 17.0 Å². The fourth-order valence-corrected chi connectivity index (χ4v) is 4.38. The molecule has 0 aliphatic carbocycles. The number of fused-ring (bicyclic) bond motifs is 3. The van der Waals surface area contributed by atoms with Gasteiger partial charge >= 0.3 is 0 Å². The van der Waals surface area contributed by atoms with Gasteiger partial charge in [-0.3, -0.25) is 4.99 Å². The van der Waals surface area contributed by atoms with Gasteiger partial charge in [-0.15, -0.1) is 11.3 Å². The van der Waals surface area contributed by atoms with E-state index in [1.54, 1.807) is 11.3 Å². The lowest BCUT2D eigenvalue weighted by molar-refractivity contribution is 0.382. The number of aliphatic imine (C=N–C) groups is 1. The first-order chi connectivity index (χ1) is 11.1. The highest BCUT2D eigenvalue weighted by molar-refractivity contribution is 7.16. The minimum atomic E-state index is 0.508. The second-order valence-corrected chi connectivity index (χ2v) is 7.39. The zero-order chi connectivity index (χ0) is 16.1. The summed E-state index contributed by atoms with van der Waals surface area (Å²) in [5, 5.41) is 4.86. The zero-order valence-electron chi connectivity index (χ0n) is 13.1. The molecule has 3 heterocycles. The zero-order valence-corrected chi connectivity index (χ0v) is 14.7. The van der Waals surface area contributed by atoms with Gasteiger partial charge in [0.15, 0.2) is 5.76 Å². The Morgan fingerprint density at radius 3 is 2.57 bits per heavy atom. The quantitative estimate of drug-likeness (QED) is 0.599. The van der Waals surface area contributed by atoms with Crippen LogP contribution in [0, 0.1) is 20.8 Å². The first-order valence-corrected chi connectivity index (χ1v) is 8.62. The lowest BCUT2D eigenvalue weighted by Crippen LogP contribution is -2.05. The van der Waals surface area contributed by atoms with E-state index in [1.165, 1.54) is 20.9 Å². The van der Waals surface area contributed by atoms with E-state index >= 15 is 0 Å². The molecule has 0 unspecified atom stereocenters. The lowest BCUT2D eigenvalue weighted by atomic mass is 9.96. The average molecular weight is 343 g/mol. The molecule has 0 amide bonds. The van der Waals surface area contributed by atoms with Gasteiger partial charge in [-0.25, -0.2) is 0 Å². The van der Waals surface area contributed by atoms with Crippen molar-refractivity contribution in [1.29, 1.82) is 0 Å². The van der Waals surface area contributed by atoms with Gasteiger partial charge in [0.1, 0.15) is 6.54 Å². The van der Waals surface area contributed by atoms with E-state index in [0.717, 1.165) is 33.3 Å². The highest BCUT2D eigenvalue weighted by Crippen LogP contribution is 2.42. The first kappa shape index (κ1) is 14.7. The van der Waals surface area contributed by atoms with Crippen molar-refractivity contribution in [3.8, 4) is 10.4 Å². The Labute approximate surface area is 143 Å². The fraction of sp³-hybridized carbons (Fsp3) is 0.222. The molecule has 4 rings (SSSR count). The predicted octanol–water partition coefficient (Wildman–Crippen LogP) is 5.33. The molecule has 23 heavy (non-hydrogen) atoms. The molecule has 0 saturated heterocycles. The number of aromatic nitrogens is 1. The van der Waals surface area contributed by atoms with Crippen LogP contribution in [-0.2, 0) is 6.54 Å². The number of thiophene rings is 1. The topological polar surface area (TPSA) is 38.4 Å². The summed E-state index contributed by atoms with van der Waals surface area (Å²) in [4.78, 5) is 7.34. The Balaban J connectivity index is 2.00. The van der Waals surface area contributed by atoms with Crippen molar-refractivity contribution < 1.29 is 4.52 Å². The van der Waals surface area contributed by atoms with Crippen molar-refractivity contribution in [2.75, 3.05) is 0 Å². The maximum Gasteiger partial charge on any atom is 0.167 e. The largest absolute Gasteiger partial charge is 0.358 e. The van der Waals surface area contributed by atoms with E-state index in [2.05, 4.69) is 19.0 Å². The van der Waals surface area contributed by atoms with Crippen LogP contribution < -0.4 is 0 Å². The van der Waals surface area contributed by atoms with Crippen molar-refractivity contribution in [1.82, 2.24) is 5.16 Å². The highest BCUT2D eigenvalue weighted by Gasteiger charge is 2.28. The van der Waals surface area contributed by atoms with E-state index < -0.39 is 0 Å². The predicted molar refractivity (Wildman–Crippen MR) is 94.8 cm³/mol.